The fourth-order valence-corrected chi connectivity index (χ4v) is 3.59. The molecular weight excluding hydrogens is 238 g/mol. The molecule has 3 unspecified atom stereocenters. The Hall–Kier alpha value is -0.470. The van der Waals surface area contributed by atoms with Gasteiger partial charge in [0.05, 0.1) is 0 Å². The molecule has 0 bridgehead atoms. The molecule has 1 N–H and O–H groups in total. The maximum absolute atomic E-state index is 3.79. The van der Waals surface area contributed by atoms with Gasteiger partial charge in [-0.2, -0.15) is 11.8 Å². The van der Waals surface area contributed by atoms with Gasteiger partial charge in [0.1, 0.15) is 0 Å². The SMILES string of the molecule is CSC1CCC(NC(C)c2ccc(C)c(C)c2)C1. The average Bonchev–Trinajstić information content (AvgIpc) is 2.80. The fraction of sp³-hybridized carbons (Fsp3) is 0.625. The fourth-order valence-electron chi connectivity index (χ4n) is 2.79. The van der Waals surface area contributed by atoms with E-state index in [1.54, 1.807) is 0 Å². The first-order valence-corrected chi connectivity index (χ1v) is 8.25. The molecule has 1 aliphatic carbocycles. The summed E-state index contributed by atoms with van der Waals surface area (Å²) in [6, 6.07) is 8.01. The van der Waals surface area contributed by atoms with Gasteiger partial charge >= 0.3 is 0 Å². The molecule has 0 saturated heterocycles. The van der Waals surface area contributed by atoms with E-state index in [0.29, 0.717) is 12.1 Å². The molecule has 0 heterocycles. The van der Waals surface area contributed by atoms with Crippen LogP contribution in [0.2, 0.25) is 0 Å². The highest BCUT2D eigenvalue weighted by Gasteiger charge is 2.24. The summed E-state index contributed by atoms with van der Waals surface area (Å²) in [6.07, 6.45) is 6.27. The van der Waals surface area contributed by atoms with Crippen LogP contribution in [0.5, 0.6) is 0 Å². The zero-order valence-corrected chi connectivity index (χ0v) is 12.8. The summed E-state index contributed by atoms with van der Waals surface area (Å²) < 4.78 is 0. The van der Waals surface area contributed by atoms with Crippen molar-refractivity contribution in [2.45, 2.75) is 57.4 Å². The van der Waals surface area contributed by atoms with Gasteiger partial charge in [-0.1, -0.05) is 18.2 Å². The van der Waals surface area contributed by atoms with Crippen molar-refractivity contribution in [1.29, 1.82) is 0 Å². The first-order chi connectivity index (χ1) is 8.60. The second-order valence-corrected chi connectivity index (χ2v) is 6.74. The summed E-state index contributed by atoms with van der Waals surface area (Å²) in [4.78, 5) is 0. The lowest BCUT2D eigenvalue weighted by Gasteiger charge is -2.20. The van der Waals surface area contributed by atoms with E-state index in [1.165, 1.54) is 36.0 Å². The molecule has 0 radical (unpaired) electrons. The van der Waals surface area contributed by atoms with Crippen LogP contribution in [0.15, 0.2) is 18.2 Å². The van der Waals surface area contributed by atoms with Crippen molar-refractivity contribution in [2.75, 3.05) is 6.26 Å². The first kappa shape index (κ1) is 14.0. The normalized spacial score (nSPS) is 25.3. The molecule has 1 saturated carbocycles. The molecule has 3 atom stereocenters. The number of rotatable bonds is 4. The van der Waals surface area contributed by atoms with E-state index in [0.717, 1.165) is 5.25 Å². The Balaban J connectivity index is 1.95. The molecule has 1 aromatic carbocycles. The zero-order chi connectivity index (χ0) is 13.1. The quantitative estimate of drug-likeness (QED) is 0.872. The molecule has 1 nitrogen and oxygen atoms in total. The van der Waals surface area contributed by atoms with Gasteiger partial charge in [-0.15, -0.1) is 0 Å². The molecule has 1 aliphatic rings. The number of aryl methyl sites for hydroxylation is 2. The molecule has 0 aliphatic heterocycles. The second kappa shape index (κ2) is 6.12. The Labute approximate surface area is 116 Å². The Bertz CT molecular complexity index is 402. The van der Waals surface area contributed by atoms with Crippen LogP contribution >= 0.6 is 11.8 Å². The van der Waals surface area contributed by atoms with E-state index in [4.69, 9.17) is 0 Å². The minimum Gasteiger partial charge on any atom is -0.307 e. The summed E-state index contributed by atoms with van der Waals surface area (Å²) in [6.45, 7) is 6.67. The molecule has 0 amide bonds. The Morgan fingerprint density at radius 2 is 2.00 bits per heavy atom. The summed E-state index contributed by atoms with van der Waals surface area (Å²) in [5.41, 5.74) is 4.20. The van der Waals surface area contributed by atoms with Crippen molar-refractivity contribution in [2.24, 2.45) is 0 Å². The minimum absolute atomic E-state index is 0.468. The van der Waals surface area contributed by atoms with Gasteiger partial charge in [0, 0.05) is 17.3 Å². The van der Waals surface area contributed by atoms with Gasteiger partial charge in [0.25, 0.3) is 0 Å². The predicted molar refractivity (Wildman–Crippen MR) is 82.4 cm³/mol. The highest BCUT2D eigenvalue weighted by atomic mass is 32.2. The average molecular weight is 263 g/mol. The van der Waals surface area contributed by atoms with Crippen LogP contribution in [0.3, 0.4) is 0 Å². The monoisotopic (exact) mass is 263 g/mol. The van der Waals surface area contributed by atoms with E-state index < -0.39 is 0 Å². The van der Waals surface area contributed by atoms with E-state index >= 15 is 0 Å². The van der Waals surface area contributed by atoms with Crippen LogP contribution in [-0.4, -0.2) is 17.5 Å². The lowest BCUT2D eigenvalue weighted by molar-refractivity contribution is 0.462. The van der Waals surface area contributed by atoms with Gasteiger partial charge < -0.3 is 5.32 Å². The summed E-state index contributed by atoms with van der Waals surface area (Å²) in [5.74, 6) is 0. The summed E-state index contributed by atoms with van der Waals surface area (Å²) in [5, 5.41) is 4.66. The molecule has 1 aromatic rings. The number of hydrogen-bond donors (Lipinski definition) is 1. The number of nitrogens with one attached hydrogen (secondary N) is 1. The maximum Gasteiger partial charge on any atom is 0.0294 e. The molecular formula is C16H25NS. The molecule has 0 aromatic heterocycles. The van der Waals surface area contributed by atoms with Gasteiger partial charge in [0.2, 0.25) is 0 Å². The van der Waals surface area contributed by atoms with Gasteiger partial charge in [0.15, 0.2) is 0 Å². The Kier molecular flexibility index (Phi) is 4.74. The predicted octanol–water partition coefficient (Wildman–Crippen LogP) is 4.24. The largest absolute Gasteiger partial charge is 0.307 e. The molecule has 0 spiro atoms. The van der Waals surface area contributed by atoms with Crippen LogP contribution in [-0.2, 0) is 0 Å². The molecule has 100 valence electrons. The standard InChI is InChI=1S/C16H25NS/c1-11-5-6-14(9-12(11)2)13(3)17-15-7-8-16(10-15)18-4/h5-6,9,13,15-17H,7-8,10H2,1-4H3. The topological polar surface area (TPSA) is 12.0 Å². The Morgan fingerprint density at radius 1 is 1.22 bits per heavy atom. The third-order valence-electron chi connectivity index (χ3n) is 4.23. The maximum atomic E-state index is 3.79. The third kappa shape index (κ3) is 3.30. The number of thioether (sulfide) groups is 1. The van der Waals surface area contributed by atoms with Crippen molar-refractivity contribution in [1.82, 2.24) is 5.32 Å². The van der Waals surface area contributed by atoms with Crippen LogP contribution in [0.1, 0.15) is 48.9 Å². The van der Waals surface area contributed by atoms with E-state index in [9.17, 15) is 0 Å². The van der Waals surface area contributed by atoms with E-state index in [1.807, 2.05) is 11.8 Å². The van der Waals surface area contributed by atoms with Gasteiger partial charge in [-0.3, -0.25) is 0 Å². The second-order valence-electron chi connectivity index (χ2n) is 5.60. The van der Waals surface area contributed by atoms with Crippen molar-refractivity contribution in [3.8, 4) is 0 Å². The zero-order valence-electron chi connectivity index (χ0n) is 12.0. The Morgan fingerprint density at radius 3 is 2.61 bits per heavy atom. The van der Waals surface area contributed by atoms with Crippen molar-refractivity contribution in [3.63, 3.8) is 0 Å². The minimum atomic E-state index is 0.468. The number of benzene rings is 1. The summed E-state index contributed by atoms with van der Waals surface area (Å²) in [7, 11) is 0. The smallest absolute Gasteiger partial charge is 0.0294 e. The molecule has 2 rings (SSSR count). The highest BCUT2D eigenvalue weighted by molar-refractivity contribution is 7.99. The molecule has 2 heteroatoms. The van der Waals surface area contributed by atoms with Crippen LogP contribution < -0.4 is 5.32 Å². The van der Waals surface area contributed by atoms with Crippen molar-refractivity contribution >= 4 is 11.8 Å². The van der Waals surface area contributed by atoms with Crippen molar-refractivity contribution < 1.29 is 0 Å². The number of hydrogen-bond acceptors (Lipinski definition) is 2. The van der Waals surface area contributed by atoms with Crippen LogP contribution in [0.25, 0.3) is 0 Å². The lowest BCUT2D eigenvalue weighted by Crippen LogP contribution is -2.29. The van der Waals surface area contributed by atoms with E-state index in [2.05, 4.69) is 50.5 Å². The third-order valence-corrected chi connectivity index (χ3v) is 5.33. The van der Waals surface area contributed by atoms with Crippen LogP contribution in [0, 0.1) is 13.8 Å². The van der Waals surface area contributed by atoms with Gasteiger partial charge in [-0.25, -0.2) is 0 Å². The summed E-state index contributed by atoms with van der Waals surface area (Å²) >= 11 is 2.02. The van der Waals surface area contributed by atoms with Crippen molar-refractivity contribution in [3.05, 3.63) is 34.9 Å². The molecule has 1 fully saturated rings. The molecule has 18 heavy (non-hydrogen) atoms. The first-order valence-electron chi connectivity index (χ1n) is 6.96. The van der Waals surface area contributed by atoms with Crippen LogP contribution in [0.4, 0.5) is 0 Å². The lowest BCUT2D eigenvalue weighted by atomic mass is 10.0. The van der Waals surface area contributed by atoms with Gasteiger partial charge in [-0.05, 0) is 63.0 Å². The highest BCUT2D eigenvalue weighted by Crippen LogP contribution is 2.29. The van der Waals surface area contributed by atoms with E-state index in [-0.39, 0.29) is 0 Å².